The lowest BCUT2D eigenvalue weighted by Gasteiger charge is -2.36. The molecule has 4 rings (SSSR count). The van der Waals surface area contributed by atoms with Crippen LogP contribution >= 0.6 is 11.6 Å². The van der Waals surface area contributed by atoms with Crippen LogP contribution in [0, 0.1) is 11.6 Å². The Hall–Kier alpha value is -3.27. The summed E-state index contributed by atoms with van der Waals surface area (Å²) in [7, 11) is -6.38. The zero-order chi connectivity index (χ0) is 30.1. The van der Waals surface area contributed by atoms with E-state index in [-0.39, 0.29) is 41.3 Å². The number of anilines is 1. The third kappa shape index (κ3) is 6.97. The lowest BCUT2D eigenvalue weighted by molar-refractivity contribution is -0.137. The van der Waals surface area contributed by atoms with Crippen molar-refractivity contribution in [1.82, 2.24) is 5.32 Å². The second-order valence-electron chi connectivity index (χ2n) is 8.87. The Bertz CT molecular complexity index is 1620. The lowest BCUT2D eigenvalue weighted by atomic mass is 10.0. The third-order valence-corrected chi connectivity index (χ3v) is 8.77. The predicted octanol–water partition coefficient (Wildman–Crippen LogP) is 4.39. The number of benzene rings is 3. The number of carbonyl (C=O) groups is 1. The number of hydrogen-bond acceptors (Lipinski definition) is 5. The summed E-state index contributed by atoms with van der Waals surface area (Å²) in [5.41, 5.74) is -1.33. The van der Waals surface area contributed by atoms with Crippen LogP contribution in [0.25, 0.3) is 11.1 Å². The molecule has 1 unspecified atom stereocenters. The van der Waals surface area contributed by atoms with Crippen molar-refractivity contribution in [1.29, 1.82) is 0 Å². The van der Waals surface area contributed by atoms with Crippen molar-refractivity contribution in [3.05, 3.63) is 76.8 Å². The molecule has 1 aliphatic rings. The molecule has 41 heavy (non-hydrogen) atoms. The van der Waals surface area contributed by atoms with Crippen LogP contribution in [0.2, 0.25) is 5.02 Å². The van der Waals surface area contributed by atoms with Gasteiger partial charge in [-0.1, -0.05) is 23.7 Å². The van der Waals surface area contributed by atoms with Crippen molar-refractivity contribution in [3.63, 3.8) is 0 Å². The molecule has 1 amide bonds. The molecule has 16 heteroatoms. The number of hydrogen-bond donors (Lipinski definition) is 2. The summed E-state index contributed by atoms with van der Waals surface area (Å²) in [5.74, 6) is -2.69. The molecule has 0 spiro atoms. The Kier molecular flexibility index (Phi) is 8.92. The average molecular weight is 638 g/mol. The first kappa shape index (κ1) is 30.7. The molecule has 220 valence electrons. The van der Waals surface area contributed by atoms with Gasteiger partial charge in [-0.3, -0.25) is 14.2 Å². The summed E-state index contributed by atoms with van der Waals surface area (Å²) in [6.07, 6.45) is -6.00. The zero-order valence-corrected chi connectivity index (χ0v) is 23.1. The Morgan fingerprint density at radius 3 is 2.56 bits per heavy atom. The van der Waals surface area contributed by atoms with Crippen molar-refractivity contribution in [2.75, 3.05) is 23.1 Å². The number of alkyl halides is 3. The molecule has 0 saturated heterocycles. The molecule has 0 saturated carbocycles. The van der Waals surface area contributed by atoms with E-state index in [1.165, 1.54) is 18.2 Å². The number of halogens is 6. The van der Waals surface area contributed by atoms with Crippen molar-refractivity contribution in [2.24, 2.45) is 5.14 Å². The van der Waals surface area contributed by atoms with Gasteiger partial charge in [-0.15, -0.1) is 0 Å². The number of fused-ring (bicyclic) bond motifs is 1. The molecule has 0 radical (unpaired) electrons. The molecule has 0 aromatic heterocycles. The highest BCUT2D eigenvalue weighted by Crippen LogP contribution is 2.42. The maximum Gasteiger partial charge on any atom is 0.416 e. The standard InChI is InChI=1S/C25H21ClF5N3O5S2/c26-24-19(10-16(27)11-20(24)28)14-4-5-22-21(8-14)34(13-17(39-22)12-33-23(35)6-7-40(32)36)41(37,38)18-3-1-2-15(9-18)25(29,30)31/h1-5,8-11,17H,6-7,12-13,32H2,(H,33,35)/t17-,40?/m0/s1. The second-order valence-corrected chi connectivity index (χ2v) is 12.3. The molecule has 1 aliphatic heterocycles. The molecular weight excluding hydrogens is 617 g/mol. The van der Waals surface area contributed by atoms with Crippen LogP contribution in [-0.4, -0.2) is 43.5 Å². The Labute approximate surface area is 238 Å². The molecule has 3 aromatic carbocycles. The second kappa shape index (κ2) is 11.9. The minimum Gasteiger partial charge on any atom is -0.484 e. The number of carbonyl (C=O) groups excluding carboxylic acids is 1. The number of sulfonamides is 1. The van der Waals surface area contributed by atoms with Crippen molar-refractivity contribution >= 4 is 44.2 Å². The first-order chi connectivity index (χ1) is 19.2. The van der Waals surface area contributed by atoms with Crippen LogP contribution in [-0.2, 0) is 32.0 Å². The first-order valence-electron chi connectivity index (χ1n) is 11.7. The molecule has 0 fully saturated rings. The summed E-state index contributed by atoms with van der Waals surface area (Å²) in [4.78, 5) is 11.4. The SMILES string of the molecule is NS(=O)CCC(=O)NC[C@H]1CN(S(=O)(=O)c2cccc(C(F)(F)F)c2)c2cc(-c3cc(F)cc(F)c3Cl)ccc2O1. The van der Waals surface area contributed by atoms with Gasteiger partial charge in [-0.2, -0.15) is 13.2 Å². The van der Waals surface area contributed by atoms with Gasteiger partial charge in [-0.05, 0) is 42.0 Å². The van der Waals surface area contributed by atoms with E-state index in [1.54, 1.807) is 0 Å². The van der Waals surface area contributed by atoms with Gasteiger partial charge in [0, 0.05) is 23.8 Å². The molecule has 1 heterocycles. The van der Waals surface area contributed by atoms with Gasteiger partial charge < -0.3 is 10.1 Å². The number of nitrogens with one attached hydrogen (secondary N) is 1. The number of amides is 1. The molecule has 0 bridgehead atoms. The number of ether oxygens (including phenoxy) is 1. The van der Waals surface area contributed by atoms with E-state index >= 15 is 0 Å². The van der Waals surface area contributed by atoms with E-state index in [1.807, 2.05) is 0 Å². The molecule has 8 nitrogen and oxygen atoms in total. The minimum absolute atomic E-state index is 0.0362. The van der Waals surface area contributed by atoms with E-state index in [2.05, 4.69) is 5.32 Å². The highest BCUT2D eigenvalue weighted by molar-refractivity contribution is 7.92. The van der Waals surface area contributed by atoms with E-state index in [0.717, 1.165) is 28.6 Å². The number of rotatable bonds is 8. The van der Waals surface area contributed by atoms with Crippen LogP contribution in [0.4, 0.5) is 27.6 Å². The average Bonchev–Trinajstić information content (AvgIpc) is 2.91. The van der Waals surface area contributed by atoms with Crippen molar-refractivity contribution in [3.8, 4) is 16.9 Å². The van der Waals surface area contributed by atoms with Gasteiger partial charge in [0.1, 0.15) is 23.5 Å². The van der Waals surface area contributed by atoms with Crippen molar-refractivity contribution in [2.45, 2.75) is 23.6 Å². The Morgan fingerprint density at radius 1 is 1.15 bits per heavy atom. The summed E-state index contributed by atoms with van der Waals surface area (Å²) in [5, 5.41) is 7.22. The van der Waals surface area contributed by atoms with Gasteiger partial charge in [-0.25, -0.2) is 21.4 Å². The van der Waals surface area contributed by atoms with Crippen LogP contribution in [0.5, 0.6) is 5.75 Å². The third-order valence-electron chi connectivity index (χ3n) is 6.00. The first-order valence-corrected chi connectivity index (χ1v) is 14.9. The van der Waals surface area contributed by atoms with E-state index in [9.17, 15) is 39.4 Å². The van der Waals surface area contributed by atoms with Gasteiger partial charge in [0.15, 0.2) is 0 Å². The molecule has 2 atom stereocenters. The fourth-order valence-corrected chi connectivity index (χ4v) is 6.20. The van der Waals surface area contributed by atoms with E-state index < -0.39 is 72.9 Å². The Morgan fingerprint density at radius 2 is 1.88 bits per heavy atom. The molecule has 0 aliphatic carbocycles. The van der Waals surface area contributed by atoms with Crippen LogP contribution in [0.3, 0.4) is 0 Å². The van der Waals surface area contributed by atoms with Gasteiger partial charge in [0.2, 0.25) is 5.91 Å². The van der Waals surface area contributed by atoms with Gasteiger partial charge in [0.05, 0.1) is 45.2 Å². The molecule has 3 aromatic rings. The van der Waals surface area contributed by atoms with Gasteiger partial charge >= 0.3 is 6.18 Å². The van der Waals surface area contributed by atoms with Crippen LogP contribution in [0.15, 0.2) is 59.5 Å². The van der Waals surface area contributed by atoms with Crippen molar-refractivity contribution < 1.29 is 44.1 Å². The largest absolute Gasteiger partial charge is 0.484 e. The van der Waals surface area contributed by atoms with E-state index in [4.69, 9.17) is 21.5 Å². The summed E-state index contributed by atoms with van der Waals surface area (Å²) in [6.45, 7) is -0.670. The minimum atomic E-state index is -4.82. The van der Waals surface area contributed by atoms with Gasteiger partial charge in [0.25, 0.3) is 10.0 Å². The monoisotopic (exact) mass is 637 g/mol. The summed E-state index contributed by atoms with van der Waals surface area (Å²) >= 11 is 6.03. The highest BCUT2D eigenvalue weighted by atomic mass is 35.5. The molecular formula is C25H21ClF5N3O5S2. The Balaban J connectivity index is 1.76. The summed E-state index contributed by atoms with van der Waals surface area (Å²) in [6, 6.07) is 8.56. The fraction of sp³-hybridized carbons (Fsp3) is 0.240. The molecule has 3 N–H and O–H groups in total. The van der Waals surface area contributed by atoms with Crippen LogP contribution in [0.1, 0.15) is 12.0 Å². The normalized spacial score (nSPS) is 16.1. The highest BCUT2D eigenvalue weighted by Gasteiger charge is 2.37. The zero-order valence-electron chi connectivity index (χ0n) is 20.8. The predicted molar refractivity (Wildman–Crippen MR) is 142 cm³/mol. The number of nitrogens with two attached hydrogens (primary N) is 1. The quantitative estimate of drug-likeness (QED) is 0.281. The van der Waals surface area contributed by atoms with Crippen LogP contribution < -0.4 is 19.5 Å². The smallest absolute Gasteiger partial charge is 0.416 e. The maximum atomic E-state index is 14.1. The lowest BCUT2D eigenvalue weighted by Crippen LogP contribution is -2.48. The topological polar surface area (TPSA) is 119 Å². The van der Waals surface area contributed by atoms with E-state index in [0.29, 0.717) is 12.1 Å². The number of nitrogens with zero attached hydrogens (tertiary/aromatic N) is 1. The maximum absolute atomic E-state index is 14.1. The fourth-order valence-electron chi connectivity index (χ4n) is 4.05. The summed E-state index contributed by atoms with van der Waals surface area (Å²) < 4.78 is 113.